The van der Waals surface area contributed by atoms with Gasteiger partial charge in [-0.15, -0.1) is 0 Å². The summed E-state index contributed by atoms with van der Waals surface area (Å²) in [5.41, 5.74) is 4.51. The first kappa shape index (κ1) is 34.8. The molecule has 0 atom stereocenters. The predicted molar refractivity (Wildman–Crippen MR) is 192 cm³/mol. The Bertz CT molecular complexity index is 1790. The van der Waals surface area contributed by atoms with Gasteiger partial charge in [0.1, 0.15) is 29.6 Å². The zero-order valence-electron chi connectivity index (χ0n) is 29.6. The van der Waals surface area contributed by atoms with Crippen molar-refractivity contribution in [2.45, 2.75) is 71.8 Å². The van der Waals surface area contributed by atoms with Crippen LogP contribution < -0.4 is 9.64 Å². The number of fused-ring (bicyclic) bond motifs is 6. The van der Waals surface area contributed by atoms with E-state index in [1.807, 2.05) is 43.7 Å². The summed E-state index contributed by atoms with van der Waals surface area (Å²) in [6.45, 7) is 17.1. The molecule has 2 aromatic carbocycles. The standard InChI is InChI=1S/C37H48FN5O5Si/c1-37(2,3)48-36(44)42-15-13-41(14-16-42)31-12-11-26-21-33(31)47-18-8-17-45-24-27-9-7-10-29(38)34(27)30-22-28-32(23-39-30)43(40-35(26)28)25-46-19-20-49(4,5)6/h7,9-12,21-23H,8,13-20,24-25H2,1-6H3. The van der Waals surface area contributed by atoms with E-state index in [4.69, 9.17) is 29.0 Å². The van der Waals surface area contributed by atoms with Crippen LogP contribution in [0.3, 0.4) is 0 Å². The van der Waals surface area contributed by atoms with Crippen LogP contribution in [0.4, 0.5) is 14.9 Å². The second-order valence-electron chi connectivity index (χ2n) is 14.9. The van der Waals surface area contributed by atoms with Crippen LogP contribution >= 0.6 is 0 Å². The van der Waals surface area contributed by atoms with Crippen molar-refractivity contribution in [2.24, 2.45) is 0 Å². The molecular weight excluding hydrogens is 642 g/mol. The third kappa shape index (κ3) is 8.42. The summed E-state index contributed by atoms with van der Waals surface area (Å²) in [6, 6.07) is 14.2. The number of ether oxygens (including phenoxy) is 4. The molecule has 2 aliphatic heterocycles. The molecule has 262 valence electrons. The normalized spacial score (nSPS) is 15.8. The summed E-state index contributed by atoms with van der Waals surface area (Å²) in [4.78, 5) is 21.4. The molecule has 0 saturated carbocycles. The van der Waals surface area contributed by atoms with E-state index in [2.05, 4.69) is 36.7 Å². The summed E-state index contributed by atoms with van der Waals surface area (Å²) in [7, 11) is -1.26. The van der Waals surface area contributed by atoms with Gasteiger partial charge in [0.2, 0.25) is 0 Å². The summed E-state index contributed by atoms with van der Waals surface area (Å²) in [5.74, 6) is 0.387. The predicted octanol–water partition coefficient (Wildman–Crippen LogP) is 7.57. The van der Waals surface area contributed by atoms with Gasteiger partial charge in [0.15, 0.2) is 0 Å². The van der Waals surface area contributed by atoms with Crippen molar-refractivity contribution >= 4 is 30.8 Å². The molecule has 4 heterocycles. The van der Waals surface area contributed by atoms with E-state index in [0.717, 1.165) is 45.2 Å². The molecular formula is C37H48FN5O5Si. The first-order chi connectivity index (χ1) is 23.4. The fraction of sp³-hybridized carbons (Fsp3) is 0.486. The van der Waals surface area contributed by atoms with Gasteiger partial charge < -0.3 is 28.7 Å². The number of nitrogens with zero attached hydrogens (tertiary/aromatic N) is 5. The minimum atomic E-state index is -1.26. The number of anilines is 1. The van der Waals surface area contributed by atoms with E-state index in [9.17, 15) is 4.79 Å². The van der Waals surface area contributed by atoms with Crippen LogP contribution in [-0.4, -0.2) is 85.4 Å². The Hall–Kier alpha value is -4.00. The molecule has 4 bridgehead atoms. The lowest BCUT2D eigenvalue weighted by molar-refractivity contribution is 0.0240. The Morgan fingerprint density at radius 2 is 1.84 bits per heavy atom. The molecule has 1 amide bonds. The number of amides is 1. The fourth-order valence-corrected chi connectivity index (χ4v) is 6.80. The third-order valence-electron chi connectivity index (χ3n) is 8.66. The van der Waals surface area contributed by atoms with Crippen molar-refractivity contribution in [1.82, 2.24) is 19.7 Å². The lowest BCUT2D eigenvalue weighted by Gasteiger charge is -2.37. The molecule has 0 unspecified atom stereocenters. The quantitative estimate of drug-likeness (QED) is 0.151. The molecule has 0 spiro atoms. The number of pyridine rings is 1. The lowest BCUT2D eigenvalue weighted by Crippen LogP contribution is -2.50. The van der Waals surface area contributed by atoms with E-state index in [1.54, 1.807) is 17.2 Å². The molecule has 6 rings (SSSR count). The van der Waals surface area contributed by atoms with Crippen LogP contribution in [-0.2, 0) is 27.5 Å². The first-order valence-electron chi connectivity index (χ1n) is 17.2. The second-order valence-corrected chi connectivity index (χ2v) is 20.6. The van der Waals surface area contributed by atoms with Crippen molar-refractivity contribution in [1.29, 1.82) is 0 Å². The molecule has 12 heteroatoms. The van der Waals surface area contributed by atoms with Gasteiger partial charge in [-0.1, -0.05) is 37.8 Å². The van der Waals surface area contributed by atoms with Crippen molar-refractivity contribution in [3.05, 3.63) is 60.0 Å². The molecule has 0 N–H and O–H groups in total. The van der Waals surface area contributed by atoms with Gasteiger partial charge in [-0.05, 0) is 56.6 Å². The van der Waals surface area contributed by atoms with Gasteiger partial charge in [-0.25, -0.2) is 13.9 Å². The number of piperazine rings is 1. The summed E-state index contributed by atoms with van der Waals surface area (Å²) < 4.78 is 41.4. The number of rotatable bonds is 6. The molecule has 10 nitrogen and oxygen atoms in total. The largest absolute Gasteiger partial charge is 0.491 e. The second kappa shape index (κ2) is 14.5. The molecule has 1 saturated heterocycles. The Labute approximate surface area is 289 Å². The van der Waals surface area contributed by atoms with E-state index in [1.165, 1.54) is 6.07 Å². The Balaban J connectivity index is 1.37. The molecule has 2 aromatic heterocycles. The number of benzene rings is 2. The highest BCUT2D eigenvalue weighted by Crippen LogP contribution is 2.38. The number of halogens is 1. The molecule has 0 radical (unpaired) electrons. The third-order valence-corrected chi connectivity index (χ3v) is 10.4. The van der Waals surface area contributed by atoms with Crippen LogP contribution in [0.25, 0.3) is 33.4 Å². The molecule has 1 fully saturated rings. The number of hydrogen-bond acceptors (Lipinski definition) is 8. The van der Waals surface area contributed by atoms with Crippen LogP contribution in [0.1, 0.15) is 32.8 Å². The Morgan fingerprint density at radius 1 is 1.04 bits per heavy atom. The minimum Gasteiger partial charge on any atom is -0.491 e. The van der Waals surface area contributed by atoms with Crippen molar-refractivity contribution in [2.75, 3.05) is 50.9 Å². The number of carbonyl (C=O) groups excluding carboxylic acids is 1. The number of hydrogen-bond donors (Lipinski definition) is 0. The van der Waals surface area contributed by atoms with Crippen LogP contribution in [0, 0.1) is 5.82 Å². The number of carbonyl (C=O) groups is 1. The van der Waals surface area contributed by atoms with Crippen molar-refractivity contribution < 1.29 is 28.1 Å². The maximum Gasteiger partial charge on any atom is 0.410 e. The Morgan fingerprint density at radius 3 is 2.59 bits per heavy atom. The van der Waals surface area contributed by atoms with Crippen LogP contribution in [0.5, 0.6) is 5.75 Å². The molecule has 49 heavy (non-hydrogen) atoms. The van der Waals surface area contributed by atoms with Crippen molar-refractivity contribution in [3.8, 4) is 28.3 Å². The van der Waals surface area contributed by atoms with Crippen molar-refractivity contribution in [3.63, 3.8) is 0 Å². The maximum absolute atomic E-state index is 15.4. The van der Waals surface area contributed by atoms with Crippen LogP contribution in [0.2, 0.25) is 25.7 Å². The van der Waals surface area contributed by atoms with Gasteiger partial charge in [-0.3, -0.25) is 4.98 Å². The highest BCUT2D eigenvalue weighted by molar-refractivity contribution is 6.76. The van der Waals surface area contributed by atoms with Gasteiger partial charge in [0.05, 0.1) is 42.9 Å². The first-order valence-corrected chi connectivity index (χ1v) is 20.9. The zero-order chi connectivity index (χ0) is 34.8. The highest BCUT2D eigenvalue weighted by Gasteiger charge is 2.28. The highest BCUT2D eigenvalue weighted by atomic mass is 28.3. The fourth-order valence-electron chi connectivity index (χ4n) is 6.05. The average Bonchev–Trinajstić information content (AvgIpc) is 3.41. The topological polar surface area (TPSA) is 91.2 Å². The SMILES string of the molecule is CC(C)(C)OC(=O)N1CCN(c2ccc3cc2OCCCOCc2cccc(F)c2-c2cc4c-3nn(COCC[Si](C)(C)C)c4cn2)CC1. The van der Waals surface area contributed by atoms with Gasteiger partial charge in [0, 0.05) is 63.8 Å². The minimum absolute atomic E-state index is 0.255. The summed E-state index contributed by atoms with van der Waals surface area (Å²) in [6.07, 6.45) is 2.12. The molecule has 4 aromatic rings. The van der Waals surface area contributed by atoms with E-state index in [0.29, 0.717) is 63.7 Å². The van der Waals surface area contributed by atoms with E-state index >= 15 is 4.39 Å². The summed E-state index contributed by atoms with van der Waals surface area (Å²) >= 11 is 0. The van der Waals surface area contributed by atoms with Gasteiger partial charge in [0.25, 0.3) is 0 Å². The van der Waals surface area contributed by atoms with Crippen LogP contribution in [0.15, 0.2) is 48.7 Å². The average molecular weight is 690 g/mol. The zero-order valence-corrected chi connectivity index (χ0v) is 30.6. The molecule has 0 aliphatic carbocycles. The number of aromatic nitrogens is 3. The summed E-state index contributed by atoms with van der Waals surface area (Å²) in [5, 5.41) is 5.89. The smallest absolute Gasteiger partial charge is 0.410 e. The Kier molecular flexibility index (Phi) is 10.3. The van der Waals surface area contributed by atoms with Gasteiger partial charge in [-0.2, -0.15) is 5.10 Å². The lowest BCUT2D eigenvalue weighted by atomic mass is 10.0. The van der Waals surface area contributed by atoms with Gasteiger partial charge >= 0.3 is 6.09 Å². The van der Waals surface area contributed by atoms with E-state index < -0.39 is 13.7 Å². The van der Waals surface area contributed by atoms with E-state index in [-0.39, 0.29) is 25.2 Å². The monoisotopic (exact) mass is 689 g/mol. The molecule has 2 aliphatic rings. The maximum atomic E-state index is 15.4.